The van der Waals surface area contributed by atoms with Crippen LogP contribution in [0.1, 0.15) is 62.5 Å². The van der Waals surface area contributed by atoms with E-state index >= 15 is 0 Å². The number of ether oxygens (including phenoxy) is 1. The summed E-state index contributed by atoms with van der Waals surface area (Å²) in [6.45, 7) is 10.9. The fourth-order valence-electron chi connectivity index (χ4n) is 2.73. The van der Waals surface area contributed by atoms with Crippen molar-refractivity contribution >= 4 is 5.78 Å². The monoisotopic (exact) mass is 274 g/mol. The lowest BCUT2D eigenvalue weighted by molar-refractivity contribution is -0.00104. The predicted octanol–water partition coefficient (Wildman–Crippen LogP) is 4.20. The Morgan fingerprint density at radius 1 is 1.25 bits per heavy atom. The number of ketones is 1. The van der Waals surface area contributed by atoms with E-state index in [1.165, 1.54) is 5.56 Å². The molecule has 0 amide bonds. The fraction of sp³-hybridized carbons (Fsp3) is 0.611. The SMILES string of the molecule is CC(C)(C)OCCc1cccc2c1C(=O)C(C)(C)CC2. The molecule has 0 unspecified atom stereocenters. The summed E-state index contributed by atoms with van der Waals surface area (Å²) in [5, 5.41) is 0. The second kappa shape index (κ2) is 5.33. The zero-order valence-electron chi connectivity index (χ0n) is 13.4. The van der Waals surface area contributed by atoms with E-state index in [0.717, 1.165) is 30.4 Å². The van der Waals surface area contributed by atoms with Gasteiger partial charge in [-0.1, -0.05) is 32.0 Å². The quantitative estimate of drug-likeness (QED) is 0.825. The zero-order chi connectivity index (χ0) is 15.0. The van der Waals surface area contributed by atoms with E-state index < -0.39 is 0 Å². The van der Waals surface area contributed by atoms with Gasteiger partial charge < -0.3 is 4.74 Å². The second-order valence-electron chi connectivity index (χ2n) is 7.38. The van der Waals surface area contributed by atoms with Gasteiger partial charge in [-0.25, -0.2) is 0 Å². The van der Waals surface area contributed by atoms with Gasteiger partial charge in [0.25, 0.3) is 0 Å². The molecule has 1 aliphatic carbocycles. The molecule has 0 atom stereocenters. The van der Waals surface area contributed by atoms with Crippen molar-refractivity contribution in [3.63, 3.8) is 0 Å². The average molecular weight is 274 g/mol. The highest BCUT2D eigenvalue weighted by molar-refractivity contribution is 6.03. The minimum atomic E-state index is -0.228. The lowest BCUT2D eigenvalue weighted by atomic mass is 9.72. The molecule has 0 N–H and O–H groups in total. The first kappa shape index (κ1) is 15.2. The summed E-state index contributed by atoms with van der Waals surface area (Å²) in [5.74, 6) is 0.296. The second-order valence-corrected chi connectivity index (χ2v) is 7.38. The first-order valence-corrected chi connectivity index (χ1v) is 7.50. The molecule has 0 aromatic heterocycles. The number of fused-ring (bicyclic) bond motifs is 1. The van der Waals surface area contributed by atoms with Crippen LogP contribution < -0.4 is 0 Å². The van der Waals surface area contributed by atoms with Gasteiger partial charge in [0.1, 0.15) is 0 Å². The molecule has 2 heteroatoms. The van der Waals surface area contributed by atoms with Crippen LogP contribution in [-0.2, 0) is 17.6 Å². The maximum absolute atomic E-state index is 12.7. The third-order valence-corrected chi connectivity index (χ3v) is 4.00. The number of benzene rings is 1. The molecule has 1 aromatic carbocycles. The lowest BCUT2D eigenvalue weighted by Gasteiger charge is -2.31. The van der Waals surface area contributed by atoms with Crippen LogP contribution in [0.3, 0.4) is 0 Å². The largest absolute Gasteiger partial charge is 0.376 e. The maximum Gasteiger partial charge on any atom is 0.169 e. The Bertz CT molecular complexity index is 507. The molecule has 0 aliphatic heterocycles. The van der Waals surface area contributed by atoms with Crippen molar-refractivity contribution < 1.29 is 9.53 Å². The minimum absolute atomic E-state index is 0.127. The zero-order valence-corrected chi connectivity index (χ0v) is 13.4. The van der Waals surface area contributed by atoms with Crippen molar-refractivity contribution in [3.05, 3.63) is 34.9 Å². The Morgan fingerprint density at radius 3 is 2.60 bits per heavy atom. The number of rotatable bonds is 3. The predicted molar refractivity (Wildman–Crippen MR) is 82.3 cm³/mol. The van der Waals surface area contributed by atoms with E-state index in [2.05, 4.69) is 52.8 Å². The number of hydrogen-bond donors (Lipinski definition) is 0. The van der Waals surface area contributed by atoms with E-state index in [1.54, 1.807) is 0 Å². The highest BCUT2D eigenvalue weighted by Gasteiger charge is 2.35. The summed E-state index contributed by atoms with van der Waals surface area (Å²) in [7, 11) is 0. The topological polar surface area (TPSA) is 26.3 Å². The summed E-state index contributed by atoms with van der Waals surface area (Å²) >= 11 is 0. The third-order valence-electron chi connectivity index (χ3n) is 4.00. The summed E-state index contributed by atoms with van der Waals surface area (Å²) in [6, 6.07) is 6.23. The van der Waals surface area contributed by atoms with Crippen LogP contribution in [0.4, 0.5) is 0 Å². The fourth-order valence-corrected chi connectivity index (χ4v) is 2.73. The van der Waals surface area contributed by atoms with E-state index in [1.807, 2.05) is 0 Å². The van der Waals surface area contributed by atoms with Gasteiger partial charge in [0.05, 0.1) is 12.2 Å². The normalized spacial score (nSPS) is 17.9. The number of carbonyl (C=O) groups is 1. The van der Waals surface area contributed by atoms with Crippen LogP contribution in [0.15, 0.2) is 18.2 Å². The smallest absolute Gasteiger partial charge is 0.169 e. The maximum atomic E-state index is 12.7. The van der Waals surface area contributed by atoms with Crippen molar-refractivity contribution in [2.45, 2.75) is 59.5 Å². The number of hydrogen-bond acceptors (Lipinski definition) is 2. The van der Waals surface area contributed by atoms with Crippen molar-refractivity contribution in [1.29, 1.82) is 0 Å². The van der Waals surface area contributed by atoms with Gasteiger partial charge in [-0.15, -0.1) is 0 Å². The van der Waals surface area contributed by atoms with Gasteiger partial charge >= 0.3 is 0 Å². The molecule has 0 saturated carbocycles. The van der Waals surface area contributed by atoms with Crippen molar-refractivity contribution in [1.82, 2.24) is 0 Å². The molecular formula is C18H26O2. The van der Waals surface area contributed by atoms with Gasteiger partial charge in [0.15, 0.2) is 5.78 Å². The number of Topliss-reactive ketones (excluding diaryl/α,β-unsaturated/α-hetero) is 1. The van der Waals surface area contributed by atoms with Gasteiger partial charge in [-0.05, 0) is 51.2 Å². The first-order valence-electron chi connectivity index (χ1n) is 7.50. The van der Waals surface area contributed by atoms with Crippen LogP contribution in [0.25, 0.3) is 0 Å². The molecule has 1 aliphatic rings. The highest BCUT2D eigenvalue weighted by atomic mass is 16.5. The minimum Gasteiger partial charge on any atom is -0.376 e. The van der Waals surface area contributed by atoms with E-state index in [4.69, 9.17) is 4.74 Å². The Morgan fingerprint density at radius 2 is 1.95 bits per heavy atom. The summed E-state index contributed by atoms with van der Waals surface area (Å²) in [5.41, 5.74) is 2.96. The van der Waals surface area contributed by atoms with Crippen molar-refractivity contribution in [3.8, 4) is 0 Å². The molecule has 2 rings (SSSR count). The van der Waals surface area contributed by atoms with Gasteiger partial charge in [-0.2, -0.15) is 0 Å². The number of carbonyl (C=O) groups excluding carboxylic acids is 1. The van der Waals surface area contributed by atoms with E-state index in [-0.39, 0.29) is 11.0 Å². The molecule has 0 saturated heterocycles. The van der Waals surface area contributed by atoms with Gasteiger partial charge in [0, 0.05) is 11.0 Å². The Kier molecular flexibility index (Phi) is 4.06. The van der Waals surface area contributed by atoms with Crippen LogP contribution in [0.2, 0.25) is 0 Å². The first-order chi connectivity index (χ1) is 9.21. The third kappa shape index (κ3) is 3.29. The Balaban J connectivity index is 2.22. The lowest BCUT2D eigenvalue weighted by Crippen LogP contribution is -2.31. The molecule has 20 heavy (non-hydrogen) atoms. The molecular weight excluding hydrogens is 248 g/mol. The number of aryl methyl sites for hydroxylation is 1. The Hall–Kier alpha value is -1.15. The van der Waals surface area contributed by atoms with Gasteiger partial charge in [-0.3, -0.25) is 4.79 Å². The van der Waals surface area contributed by atoms with Crippen LogP contribution in [0.5, 0.6) is 0 Å². The molecule has 2 nitrogen and oxygen atoms in total. The van der Waals surface area contributed by atoms with Crippen LogP contribution in [0, 0.1) is 5.41 Å². The summed E-state index contributed by atoms with van der Waals surface area (Å²) in [4.78, 5) is 12.7. The standard InChI is InChI=1S/C18H26O2/c1-17(2,3)20-12-10-14-8-6-7-13-9-11-18(4,5)16(19)15(13)14/h6-8H,9-12H2,1-5H3. The molecule has 0 radical (unpaired) electrons. The van der Waals surface area contributed by atoms with Crippen LogP contribution in [-0.4, -0.2) is 18.0 Å². The summed E-state index contributed by atoms with van der Waals surface area (Å²) in [6.07, 6.45) is 2.76. The van der Waals surface area contributed by atoms with Crippen molar-refractivity contribution in [2.75, 3.05) is 6.61 Å². The van der Waals surface area contributed by atoms with Crippen molar-refractivity contribution in [2.24, 2.45) is 5.41 Å². The van der Waals surface area contributed by atoms with E-state index in [9.17, 15) is 4.79 Å². The Labute approximate surface area is 122 Å². The molecule has 110 valence electrons. The van der Waals surface area contributed by atoms with E-state index in [0.29, 0.717) is 12.4 Å². The molecule has 0 spiro atoms. The summed E-state index contributed by atoms with van der Waals surface area (Å²) < 4.78 is 5.80. The molecule has 1 aromatic rings. The highest BCUT2D eigenvalue weighted by Crippen LogP contribution is 2.36. The molecule has 0 heterocycles. The van der Waals surface area contributed by atoms with Crippen LogP contribution >= 0.6 is 0 Å². The van der Waals surface area contributed by atoms with Gasteiger partial charge in [0.2, 0.25) is 0 Å². The molecule has 0 fully saturated rings. The molecule has 0 bridgehead atoms. The average Bonchev–Trinajstić information content (AvgIpc) is 2.33.